The second-order valence-corrected chi connectivity index (χ2v) is 5.69. The molecule has 4 nitrogen and oxygen atoms in total. The van der Waals surface area contributed by atoms with Crippen LogP contribution in [0.15, 0.2) is 24.7 Å². The molecule has 1 aliphatic rings. The van der Waals surface area contributed by atoms with Gasteiger partial charge >= 0.3 is 0 Å². The lowest BCUT2D eigenvalue weighted by atomic mass is 9.86. The highest BCUT2D eigenvalue weighted by molar-refractivity contribution is 5.40. The van der Waals surface area contributed by atoms with Crippen LogP contribution in [0.1, 0.15) is 30.4 Å². The third-order valence-corrected chi connectivity index (χ3v) is 4.08. The Morgan fingerprint density at radius 1 is 1.32 bits per heavy atom. The maximum atomic E-state index is 4.56. The van der Waals surface area contributed by atoms with Crippen LogP contribution in [0.25, 0.3) is 5.69 Å². The van der Waals surface area contributed by atoms with Crippen molar-refractivity contribution >= 4 is 0 Å². The van der Waals surface area contributed by atoms with Crippen LogP contribution in [0.4, 0.5) is 0 Å². The first-order valence-electron chi connectivity index (χ1n) is 6.78. The Balaban J connectivity index is 2.09. The normalized spacial score (nSPS) is 22.9. The van der Waals surface area contributed by atoms with Gasteiger partial charge in [0.1, 0.15) is 0 Å². The standard InChI is InChI=1S/C15H20N4/c1-11-4-5-13(12(2)18-11)19-10-17-8-14(19)15(3)6-7-16-9-15/h4-5,8,10,16H,6-7,9H2,1-3H3. The highest BCUT2D eigenvalue weighted by Gasteiger charge is 2.33. The SMILES string of the molecule is Cc1ccc(-n2cncc2C2(C)CCNC2)c(C)n1. The molecule has 3 heterocycles. The average Bonchev–Trinajstić information content (AvgIpc) is 2.98. The molecule has 1 fully saturated rings. The van der Waals surface area contributed by atoms with Crippen LogP contribution in [0.3, 0.4) is 0 Å². The first-order chi connectivity index (χ1) is 9.10. The molecule has 2 aromatic rings. The van der Waals surface area contributed by atoms with Gasteiger partial charge in [0.25, 0.3) is 0 Å². The monoisotopic (exact) mass is 256 g/mol. The van der Waals surface area contributed by atoms with Crippen LogP contribution >= 0.6 is 0 Å². The zero-order valence-electron chi connectivity index (χ0n) is 11.8. The molecule has 3 rings (SSSR count). The fourth-order valence-corrected chi connectivity index (χ4v) is 2.90. The number of rotatable bonds is 2. The number of aromatic nitrogens is 3. The van der Waals surface area contributed by atoms with Crippen molar-refractivity contribution < 1.29 is 0 Å². The Kier molecular flexibility index (Phi) is 2.90. The summed E-state index contributed by atoms with van der Waals surface area (Å²) in [6, 6.07) is 4.19. The predicted octanol–water partition coefficient (Wildman–Crippen LogP) is 2.14. The minimum atomic E-state index is 0.161. The number of pyridine rings is 1. The van der Waals surface area contributed by atoms with Gasteiger partial charge in [-0.1, -0.05) is 6.92 Å². The number of imidazole rings is 1. The molecular weight excluding hydrogens is 236 g/mol. The lowest BCUT2D eigenvalue weighted by molar-refractivity contribution is 0.498. The second kappa shape index (κ2) is 4.46. The lowest BCUT2D eigenvalue weighted by Gasteiger charge is -2.24. The molecule has 0 aromatic carbocycles. The first-order valence-corrected chi connectivity index (χ1v) is 6.78. The van der Waals surface area contributed by atoms with Crippen molar-refractivity contribution in [3.8, 4) is 5.69 Å². The summed E-state index contributed by atoms with van der Waals surface area (Å²) in [5.74, 6) is 0. The minimum absolute atomic E-state index is 0.161. The molecule has 4 heteroatoms. The fourth-order valence-electron chi connectivity index (χ4n) is 2.90. The van der Waals surface area contributed by atoms with Gasteiger partial charge in [-0.25, -0.2) is 4.98 Å². The maximum absolute atomic E-state index is 4.56. The Morgan fingerprint density at radius 3 is 2.84 bits per heavy atom. The highest BCUT2D eigenvalue weighted by atomic mass is 15.1. The lowest BCUT2D eigenvalue weighted by Crippen LogP contribution is -2.27. The third-order valence-electron chi connectivity index (χ3n) is 4.08. The zero-order chi connectivity index (χ0) is 13.5. The van der Waals surface area contributed by atoms with Crippen molar-refractivity contribution in [2.75, 3.05) is 13.1 Å². The molecule has 0 saturated carbocycles. The molecule has 1 N–H and O–H groups in total. The average molecular weight is 256 g/mol. The fraction of sp³-hybridized carbons (Fsp3) is 0.467. The van der Waals surface area contributed by atoms with Crippen LogP contribution in [-0.2, 0) is 5.41 Å². The number of hydrogen-bond acceptors (Lipinski definition) is 3. The summed E-state index contributed by atoms with van der Waals surface area (Å²) in [6.45, 7) is 8.47. The topological polar surface area (TPSA) is 42.7 Å². The molecule has 0 spiro atoms. The smallest absolute Gasteiger partial charge is 0.0994 e. The quantitative estimate of drug-likeness (QED) is 0.895. The molecule has 2 aromatic heterocycles. The van der Waals surface area contributed by atoms with E-state index < -0.39 is 0 Å². The van der Waals surface area contributed by atoms with Gasteiger partial charge in [0.05, 0.1) is 17.7 Å². The van der Waals surface area contributed by atoms with Crippen molar-refractivity contribution in [3.63, 3.8) is 0 Å². The van der Waals surface area contributed by atoms with Gasteiger partial charge in [0.2, 0.25) is 0 Å². The first kappa shape index (κ1) is 12.4. The third kappa shape index (κ3) is 2.06. The summed E-state index contributed by atoms with van der Waals surface area (Å²) in [7, 11) is 0. The van der Waals surface area contributed by atoms with Crippen molar-refractivity contribution in [1.82, 2.24) is 19.9 Å². The largest absolute Gasteiger partial charge is 0.316 e. The van der Waals surface area contributed by atoms with Gasteiger partial charge in [0.15, 0.2) is 0 Å². The molecule has 1 aliphatic heterocycles. The molecule has 0 amide bonds. The molecular formula is C15H20N4. The highest BCUT2D eigenvalue weighted by Crippen LogP contribution is 2.31. The van der Waals surface area contributed by atoms with Crippen LogP contribution in [0, 0.1) is 13.8 Å². The predicted molar refractivity (Wildman–Crippen MR) is 75.7 cm³/mol. The van der Waals surface area contributed by atoms with Crippen molar-refractivity contribution in [2.45, 2.75) is 32.6 Å². The van der Waals surface area contributed by atoms with E-state index in [1.807, 2.05) is 19.4 Å². The van der Waals surface area contributed by atoms with E-state index in [2.05, 4.69) is 45.8 Å². The minimum Gasteiger partial charge on any atom is -0.316 e. The Hall–Kier alpha value is -1.68. The molecule has 100 valence electrons. The van der Waals surface area contributed by atoms with Gasteiger partial charge in [-0.3, -0.25) is 4.98 Å². The molecule has 1 saturated heterocycles. The summed E-state index contributed by atoms with van der Waals surface area (Å²) in [5.41, 5.74) is 4.66. The van der Waals surface area contributed by atoms with Gasteiger partial charge in [-0.2, -0.15) is 0 Å². The number of nitrogens with zero attached hydrogens (tertiary/aromatic N) is 3. The summed E-state index contributed by atoms with van der Waals surface area (Å²) >= 11 is 0. The van der Waals surface area contributed by atoms with E-state index in [0.29, 0.717) is 0 Å². The van der Waals surface area contributed by atoms with Gasteiger partial charge < -0.3 is 9.88 Å². The Morgan fingerprint density at radius 2 is 2.16 bits per heavy atom. The van der Waals surface area contributed by atoms with E-state index in [4.69, 9.17) is 0 Å². The Labute approximate surface area is 113 Å². The van der Waals surface area contributed by atoms with Crippen LogP contribution in [0.2, 0.25) is 0 Å². The molecule has 0 aliphatic carbocycles. The van der Waals surface area contributed by atoms with E-state index in [0.717, 1.165) is 36.6 Å². The van der Waals surface area contributed by atoms with Gasteiger partial charge in [-0.05, 0) is 38.9 Å². The summed E-state index contributed by atoms with van der Waals surface area (Å²) < 4.78 is 2.19. The van der Waals surface area contributed by atoms with Crippen LogP contribution in [0.5, 0.6) is 0 Å². The molecule has 0 radical (unpaired) electrons. The molecule has 19 heavy (non-hydrogen) atoms. The Bertz CT molecular complexity index is 594. The van der Waals surface area contributed by atoms with E-state index in [1.165, 1.54) is 5.69 Å². The van der Waals surface area contributed by atoms with E-state index in [9.17, 15) is 0 Å². The zero-order valence-corrected chi connectivity index (χ0v) is 11.8. The number of hydrogen-bond donors (Lipinski definition) is 1. The summed E-state index contributed by atoms with van der Waals surface area (Å²) in [5, 5.41) is 3.45. The van der Waals surface area contributed by atoms with Gasteiger partial charge in [0, 0.05) is 29.5 Å². The maximum Gasteiger partial charge on any atom is 0.0994 e. The van der Waals surface area contributed by atoms with Crippen molar-refractivity contribution in [3.05, 3.63) is 41.7 Å². The number of nitrogens with one attached hydrogen (secondary N) is 1. The molecule has 0 bridgehead atoms. The molecule has 1 unspecified atom stereocenters. The van der Waals surface area contributed by atoms with Crippen LogP contribution < -0.4 is 5.32 Å². The summed E-state index contributed by atoms with van der Waals surface area (Å²) in [6.07, 6.45) is 5.04. The van der Waals surface area contributed by atoms with Crippen LogP contribution in [-0.4, -0.2) is 27.6 Å². The van der Waals surface area contributed by atoms with Gasteiger partial charge in [-0.15, -0.1) is 0 Å². The van der Waals surface area contributed by atoms with E-state index >= 15 is 0 Å². The summed E-state index contributed by atoms with van der Waals surface area (Å²) in [4.78, 5) is 8.92. The molecule has 1 atom stereocenters. The number of aryl methyl sites for hydroxylation is 2. The van der Waals surface area contributed by atoms with E-state index in [1.54, 1.807) is 0 Å². The van der Waals surface area contributed by atoms with Crippen molar-refractivity contribution in [1.29, 1.82) is 0 Å². The van der Waals surface area contributed by atoms with Crippen molar-refractivity contribution in [2.24, 2.45) is 0 Å². The van der Waals surface area contributed by atoms with E-state index in [-0.39, 0.29) is 5.41 Å². The second-order valence-electron chi connectivity index (χ2n) is 5.69.